The van der Waals surface area contributed by atoms with E-state index in [4.69, 9.17) is 4.74 Å². The lowest BCUT2D eigenvalue weighted by atomic mass is 10.0. The second-order valence-corrected chi connectivity index (χ2v) is 4.65. The van der Waals surface area contributed by atoms with Gasteiger partial charge in [0, 0.05) is 24.0 Å². The largest absolute Gasteiger partial charge is 0.482 e. The van der Waals surface area contributed by atoms with Crippen molar-refractivity contribution in [3.8, 4) is 5.88 Å². The van der Waals surface area contributed by atoms with Gasteiger partial charge < -0.3 is 14.6 Å². The van der Waals surface area contributed by atoms with E-state index in [2.05, 4.69) is 41.2 Å². The average molecular weight is 230 g/mol. The quantitative estimate of drug-likeness (QED) is 0.858. The lowest BCUT2D eigenvalue weighted by Gasteiger charge is -2.12. The highest BCUT2D eigenvalue weighted by atomic mass is 16.5. The molecule has 3 heteroatoms. The molecule has 1 unspecified atom stereocenters. The van der Waals surface area contributed by atoms with Crippen LogP contribution in [0.1, 0.15) is 24.4 Å². The molecule has 0 radical (unpaired) electrons. The first kappa shape index (κ1) is 10.7. The van der Waals surface area contributed by atoms with Crippen LogP contribution in [0, 0.1) is 0 Å². The molecule has 90 valence electrons. The number of hydrogen-bond donors (Lipinski definition) is 1. The normalized spacial score (nSPS) is 20.0. The Hall–Kier alpha value is -1.48. The van der Waals surface area contributed by atoms with Gasteiger partial charge in [-0.1, -0.05) is 18.2 Å². The van der Waals surface area contributed by atoms with E-state index in [1.807, 2.05) is 0 Å². The van der Waals surface area contributed by atoms with Crippen molar-refractivity contribution in [2.24, 2.45) is 7.05 Å². The maximum atomic E-state index is 5.60. The van der Waals surface area contributed by atoms with E-state index in [-0.39, 0.29) is 0 Å². The first-order valence-corrected chi connectivity index (χ1v) is 6.17. The van der Waals surface area contributed by atoms with Crippen LogP contribution in [-0.4, -0.2) is 18.2 Å². The summed E-state index contributed by atoms with van der Waals surface area (Å²) in [6, 6.07) is 8.95. The number of aromatic nitrogens is 1. The van der Waals surface area contributed by atoms with Gasteiger partial charge in [-0.3, -0.25) is 0 Å². The highest BCUT2D eigenvalue weighted by molar-refractivity contribution is 5.87. The van der Waals surface area contributed by atoms with Crippen LogP contribution in [0.5, 0.6) is 5.88 Å². The van der Waals surface area contributed by atoms with Crippen molar-refractivity contribution in [2.45, 2.75) is 18.9 Å². The van der Waals surface area contributed by atoms with Gasteiger partial charge in [0.15, 0.2) is 5.88 Å². The SMILES string of the molecule is COc1c(C2CCCN2)c2ccccc2n1C. The molecule has 1 fully saturated rings. The molecule has 1 saturated heterocycles. The van der Waals surface area contributed by atoms with Gasteiger partial charge in [-0.15, -0.1) is 0 Å². The Morgan fingerprint density at radius 1 is 1.35 bits per heavy atom. The van der Waals surface area contributed by atoms with Gasteiger partial charge in [0.05, 0.1) is 12.6 Å². The number of ether oxygens (including phenoxy) is 1. The van der Waals surface area contributed by atoms with Crippen LogP contribution in [-0.2, 0) is 7.05 Å². The van der Waals surface area contributed by atoms with Crippen LogP contribution in [0.2, 0.25) is 0 Å². The van der Waals surface area contributed by atoms with Crippen molar-refractivity contribution in [3.63, 3.8) is 0 Å². The topological polar surface area (TPSA) is 26.2 Å². The van der Waals surface area contributed by atoms with Gasteiger partial charge in [0.25, 0.3) is 0 Å². The van der Waals surface area contributed by atoms with E-state index in [0.717, 1.165) is 12.4 Å². The third-order valence-electron chi connectivity index (χ3n) is 3.69. The summed E-state index contributed by atoms with van der Waals surface area (Å²) in [6.07, 6.45) is 2.45. The van der Waals surface area contributed by atoms with Gasteiger partial charge >= 0.3 is 0 Å². The molecule has 0 amide bonds. The molecule has 1 aliphatic heterocycles. The van der Waals surface area contributed by atoms with Gasteiger partial charge in [-0.2, -0.15) is 0 Å². The molecule has 1 atom stereocenters. The Kier molecular flexibility index (Phi) is 2.56. The zero-order valence-electron chi connectivity index (χ0n) is 10.4. The van der Waals surface area contributed by atoms with E-state index >= 15 is 0 Å². The Bertz CT molecular complexity index is 538. The molecule has 1 N–H and O–H groups in total. The van der Waals surface area contributed by atoms with Crippen LogP contribution in [0.25, 0.3) is 10.9 Å². The van der Waals surface area contributed by atoms with Crippen LogP contribution in [0.4, 0.5) is 0 Å². The van der Waals surface area contributed by atoms with Crippen molar-refractivity contribution in [1.82, 2.24) is 9.88 Å². The monoisotopic (exact) mass is 230 g/mol. The molecule has 17 heavy (non-hydrogen) atoms. The van der Waals surface area contributed by atoms with Crippen molar-refractivity contribution < 1.29 is 4.74 Å². The number of nitrogens with zero attached hydrogens (tertiary/aromatic N) is 1. The number of aryl methyl sites for hydroxylation is 1. The fraction of sp³-hybridized carbons (Fsp3) is 0.429. The molecular formula is C14H18N2O. The second-order valence-electron chi connectivity index (χ2n) is 4.65. The van der Waals surface area contributed by atoms with E-state index in [1.165, 1.54) is 29.3 Å². The highest BCUT2D eigenvalue weighted by Gasteiger charge is 2.25. The van der Waals surface area contributed by atoms with E-state index < -0.39 is 0 Å². The average Bonchev–Trinajstić information content (AvgIpc) is 2.96. The van der Waals surface area contributed by atoms with E-state index in [9.17, 15) is 0 Å². The molecule has 1 aliphatic rings. The third kappa shape index (κ3) is 1.53. The maximum Gasteiger partial charge on any atom is 0.198 e. The van der Waals surface area contributed by atoms with Gasteiger partial charge in [0.1, 0.15) is 0 Å². The van der Waals surface area contributed by atoms with Crippen LogP contribution >= 0.6 is 0 Å². The minimum Gasteiger partial charge on any atom is -0.482 e. The van der Waals surface area contributed by atoms with Crippen molar-refractivity contribution in [1.29, 1.82) is 0 Å². The number of rotatable bonds is 2. The minimum atomic E-state index is 0.441. The number of nitrogens with one attached hydrogen (secondary N) is 1. The summed E-state index contributed by atoms with van der Waals surface area (Å²) in [4.78, 5) is 0. The smallest absolute Gasteiger partial charge is 0.198 e. The van der Waals surface area contributed by atoms with E-state index in [0.29, 0.717) is 6.04 Å². The van der Waals surface area contributed by atoms with Crippen LogP contribution < -0.4 is 10.1 Å². The molecule has 1 aromatic carbocycles. The molecule has 2 aromatic rings. The highest BCUT2D eigenvalue weighted by Crippen LogP contribution is 2.38. The molecule has 0 saturated carbocycles. The standard InChI is InChI=1S/C14H18N2O/c1-16-12-8-4-3-6-10(12)13(14(16)17-2)11-7-5-9-15-11/h3-4,6,8,11,15H,5,7,9H2,1-2H3. The van der Waals surface area contributed by atoms with Crippen molar-refractivity contribution in [3.05, 3.63) is 29.8 Å². The third-order valence-corrected chi connectivity index (χ3v) is 3.69. The number of benzene rings is 1. The minimum absolute atomic E-state index is 0.441. The lowest BCUT2D eigenvalue weighted by molar-refractivity contribution is 0.374. The van der Waals surface area contributed by atoms with Crippen molar-refractivity contribution in [2.75, 3.05) is 13.7 Å². The zero-order chi connectivity index (χ0) is 11.8. The predicted octanol–water partition coefficient (Wildman–Crippen LogP) is 2.61. The molecule has 3 nitrogen and oxygen atoms in total. The Labute approximate surface area is 101 Å². The van der Waals surface area contributed by atoms with Gasteiger partial charge in [0.2, 0.25) is 0 Å². The summed E-state index contributed by atoms with van der Waals surface area (Å²) in [6.45, 7) is 1.11. The maximum absolute atomic E-state index is 5.60. The summed E-state index contributed by atoms with van der Waals surface area (Å²) in [5.41, 5.74) is 2.57. The predicted molar refractivity (Wildman–Crippen MR) is 69.4 cm³/mol. The molecule has 0 aliphatic carbocycles. The fourth-order valence-corrected chi connectivity index (χ4v) is 2.91. The van der Waals surface area contributed by atoms with Crippen LogP contribution in [0.15, 0.2) is 24.3 Å². The number of hydrogen-bond acceptors (Lipinski definition) is 2. The number of para-hydroxylation sites is 1. The Morgan fingerprint density at radius 2 is 2.18 bits per heavy atom. The first-order chi connectivity index (χ1) is 8.33. The molecule has 2 heterocycles. The second kappa shape index (κ2) is 4.08. The number of methoxy groups -OCH3 is 1. The fourth-order valence-electron chi connectivity index (χ4n) is 2.91. The lowest BCUT2D eigenvalue weighted by Crippen LogP contribution is -2.13. The summed E-state index contributed by atoms with van der Waals surface area (Å²) in [7, 11) is 3.83. The first-order valence-electron chi connectivity index (χ1n) is 6.17. The van der Waals surface area contributed by atoms with Crippen LogP contribution in [0.3, 0.4) is 0 Å². The van der Waals surface area contributed by atoms with E-state index in [1.54, 1.807) is 7.11 Å². The summed E-state index contributed by atoms with van der Waals surface area (Å²) in [5, 5.41) is 4.87. The summed E-state index contributed by atoms with van der Waals surface area (Å²) in [5.74, 6) is 0.991. The number of fused-ring (bicyclic) bond motifs is 1. The van der Waals surface area contributed by atoms with Gasteiger partial charge in [-0.25, -0.2) is 0 Å². The molecule has 0 bridgehead atoms. The Balaban J connectivity index is 2.26. The Morgan fingerprint density at radius 3 is 2.88 bits per heavy atom. The summed E-state index contributed by atoms with van der Waals surface area (Å²) >= 11 is 0. The summed E-state index contributed by atoms with van der Waals surface area (Å²) < 4.78 is 7.74. The van der Waals surface area contributed by atoms with Gasteiger partial charge in [-0.05, 0) is 25.5 Å². The molecule has 0 spiro atoms. The zero-order valence-corrected chi connectivity index (χ0v) is 10.4. The molecule has 1 aromatic heterocycles. The molecule has 3 rings (SSSR count). The molecular weight excluding hydrogens is 212 g/mol. The van der Waals surface area contributed by atoms with Crippen molar-refractivity contribution >= 4 is 10.9 Å².